The number of benzene rings is 1. The molecule has 0 saturated carbocycles. The molecule has 0 unspecified atom stereocenters. The molecule has 0 spiro atoms. The number of hydrogen-bond donors (Lipinski definition) is 3. The molecule has 0 aliphatic heterocycles. The number of carboxylic acid groups (broad SMARTS) is 1. The Morgan fingerprint density at radius 3 is 2.52 bits per heavy atom. The van der Waals surface area contributed by atoms with Gasteiger partial charge in [0.05, 0.1) is 10.5 Å². The maximum atomic E-state index is 12.1. The fourth-order valence-corrected chi connectivity index (χ4v) is 3.47. The van der Waals surface area contributed by atoms with Gasteiger partial charge < -0.3 is 10.2 Å². The summed E-state index contributed by atoms with van der Waals surface area (Å²) in [4.78, 5) is 11.0. The normalized spacial score (nSPS) is 11.6. The van der Waals surface area contributed by atoms with Crippen LogP contribution in [0.4, 0.5) is 0 Å². The van der Waals surface area contributed by atoms with Crippen LogP contribution in [0.3, 0.4) is 0 Å². The van der Waals surface area contributed by atoms with Crippen LogP contribution >= 0.6 is 15.9 Å². The van der Waals surface area contributed by atoms with Crippen LogP contribution < -0.4 is 4.72 Å². The molecule has 1 aromatic carbocycles. The summed E-state index contributed by atoms with van der Waals surface area (Å²) >= 11 is 3.18. The second-order valence-electron chi connectivity index (χ2n) is 4.56. The van der Waals surface area contributed by atoms with Gasteiger partial charge in [0.2, 0.25) is 10.0 Å². The summed E-state index contributed by atoms with van der Waals surface area (Å²) in [6.45, 7) is 1.93. The van der Waals surface area contributed by atoms with Crippen LogP contribution in [0.2, 0.25) is 0 Å². The van der Waals surface area contributed by atoms with Crippen LogP contribution in [0.5, 0.6) is 0 Å². The number of nitrogens with one attached hydrogen (secondary N) is 1. The van der Waals surface area contributed by atoms with Crippen LogP contribution in [0.25, 0.3) is 0 Å². The minimum absolute atomic E-state index is 0.0509. The van der Waals surface area contributed by atoms with E-state index in [4.69, 9.17) is 10.2 Å². The number of aromatic carboxylic acids is 1. The summed E-state index contributed by atoms with van der Waals surface area (Å²) < 4.78 is 27.1. The molecule has 0 aliphatic rings. The SMILES string of the molecule is Cc1c(Br)cc(S(=O)(=O)NCCCCCO)cc1C(=O)O. The van der Waals surface area contributed by atoms with Crippen molar-refractivity contribution >= 4 is 31.9 Å². The van der Waals surface area contributed by atoms with Gasteiger partial charge in [-0.3, -0.25) is 0 Å². The van der Waals surface area contributed by atoms with Crippen molar-refractivity contribution in [2.75, 3.05) is 13.2 Å². The van der Waals surface area contributed by atoms with Crippen LogP contribution in [0.15, 0.2) is 21.5 Å². The van der Waals surface area contributed by atoms with E-state index < -0.39 is 16.0 Å². The first-order valence-electron chi connectivity index (χ1n) is 6.43. The van der Waals surface area contributed by atoms with E-state index in [2.05, 4.69) is 20.7 Å². The second-order valence-corrected chi connectivity index (χ2v) is 7.19. The highest BCUT2D eigenvalue weighted by atomic mass is 79.9. The van der Waals surface area contributed by atoms with Gasteiger partial charge in [-0.15, -0.1) is 0 Å². The molecule has 0 saturated heterocycles. The number of unbranched alkanes of at least 4 members (excludes halogenated alkanes) is 2. The van der Waals surface area contributed by atoms with Crippen LogP contribution in [-0.4, -0.2) is 37.8 Å². The number of aliphatic hydroxyl groups excluding tert-OH is 1. The van der Waals surface area contributed by atoms with Crippen molar-refractivity contribution in [3.8, 4) is 0 Å². The number of carboxylic acids is 1. The van der Waals surface area contributed by atoms with Crippen molar-refractivity contribution in [3.05, 3.63) is 27.7 Å². The Hall–Kier alpha value is -0.960. The standard InChI is InChI=1S/C13H18BrNO5S/c1-9-11(13(17)18)7-10(8-12(9)14)21(19,20)15-5-3-2-4-6-16/h7-8,15-16H,2-6H2,1H3,(H,17,18). The highest BCUT2D eigenvalue weighted by Crippen LogP contribution is 2.25. The Kier molecular flexibility index (Phi) is 6.79. The largest absolute Gasteiger partial charge is 0.478 e. The van der Waals surface area contributed by atoms with Gasteiger partial charge in [0, 0.05) is 17.6 Å². The quantitative estimate of drug-likeness (QED) is 0.598. The molecule has 8 heteroatoms. The van der Waals surface area contributed by atoms with Gasteiger partial charge in [-0.05, 0) is 43.9 Å². The Labute approximate surface area is 132 Å². The average Bonchev–Trinajstić information content (AvgIpc) is 2.40. The van der Waals surface area contributed by atoms with Crippen LogP contribution in [-0.2, 0) is 10.0 Å². The first-order chi connectivity index (χ1) is 9.79. The Morgan fingerprint density at radius 1 is 1.29 bits per heavy atom. The lowest BCUT2D eigenvalue weighted by Crippen LogP contribution is -2.25. The highest BCUT2D eigenvalue weighted by Gasteiger charge is 2.19. The number of rotatable bonds is 8. The van der Waals surface area contributed by atoms with Crippen molar-refractivity contribution in [2.45, 2.75) is 31.1 Å². The summed E-state index contributed by atoms with van der Waals surface area (Å²) in [7, 11) is -3.75. The van der Waals surface area contributed by atoms with Crippen LogP contribution in [0, 0.1) is 6.92 Å². The summed E-state index contributed by atoms with van der Waals surface area (Å²) in [5, 5.41) is 17.7. The van der Waals surface area contributed by atoms with Crippen molar-refractivity contribution in [1.82, 2.24) is 4.72 Å². The molecule has 0 bridgehead atoms. The van der Waals surface area contributed by atoms with E-state index in [1.54, 1.807) is 6.92 Å². The summed E-state index contributed by atoms with van der Waals surface area (Å²) in [6.07, 6.45) is 1.95. The maximum absolute atomic E-state index is 12.1. The van der Waals surface area contributed by atoms with Crippen molar-refractivity contribution in [3.63, 3.8) is 0 Å². The smallest absolute Gasteiger partial charge is 0.336 e. The van der Waals surface area contributed by atoms with Crippen molar-refractivity contribution in [2.24, 2.45) is 0 Å². The molecule has 0 aromatic heterocycles. The monoisotopic (exact) mass is 379 g/mol. The second kappa shape index (κ2) is 7.88. The number of hydrogen-bond acceptors (Lipinski definition) is 4. The molecule has 118 valence electrons. The van der Waals surface area contributed by atoms with Gasteiger partial charge >= 0.3 is 5.97 Å². The first-order valence-corrected chi connectivity index (χ1v) is 8.71. The molecular formula is C13H18BrNO5S. The zero-order valence-electron chi connectivity index (χ0n) is 11.6. The molecule has 0 atom stereocenters. The number of aliphatic hydroxyl groups is 1. The molecule has 0 fully saturated rings. The average molecular weight is 380 g/mol. The molecule has 1 aromatic rings. The molecule has 0 radical (unpaired) electrons. The molecule has 21 heavy (non-hydrogen) atoms. The van der Waals surface area contributed by atoms with E-state index in [0.29, 0.717) is 22.9 Å². The Balaban J connectivity index is 2.91. The van der Waals surface area contributed by atoms with Gasteiger partial charge in [-0.25, -0.2) is 17.9 Å². The maximum Gasteiger partial charge on any atom is 0.336 e. The first kappa shape index (κ1) is 18.1. The van der Waals surface area contributed by atoms with E-state index in [9.17, 15) is 13.2 Å². The van der Waals surface area contributed by atoms with E-state index in [1.807, 2.05) is 0 Å². The predicted octanol–water partition coefficient (Wildman–Crippen LogP) is 1.90. The summed E-state index contributed by atoms with van der Waals surface area (Å²) in [5.41, 5.74) is 0.425. The topological polar surface area (TPSA) is 104 Å². The molecule has 3 N–H and O–H groups in total. The van der Waals surface area contributed by atoms with Crippen LogP contribution in [0.1, 0.15) is 35.2 Å². The zero-order chi connectivity index (χ0) is 16.0. The van der Waals surface area contributed by atoms with Gasteiger partial charge in [0.1, 0.15) is 0 Å². The Bertz CT molecular complexity index is 615. The number of sulfonamides is 1. The van der Waals surface area contributed by atoms with Crippen molar-refractivity contribution in [1.29, 1.82) is 0 Å². The third-order valence-electron chi connectivity index (χ3n) is 2.99. The lowest BCUT2D eigenvalue weighted by molar-refractivity contribution is 0.0695. The molecular weight excluding hydrogens is 362 g/mol. The molecule has 0 aliphatic carbocycles. The predicted molar refractivity (Wildman–Crippen MR) is 82.0 cm³/mol. The molecule has 1 rings (SSSR count). The van der Waals surface area contributed by atoms with Crippen molar-refractivity contribution < 1.29 is 23.4 Å². The third kappa shape index (κ3) is 5.06. The third-order valence-corrected chi connectivity index (χ3v) is 5.25. The van der Waals surface area contributed by atoms with E-state index >= 15 is 0 Å². The van der Waals surface area contributed by atoms with E-state index in [0.717, 1.165) is 12.5 Å². The summed E-state index contributed by atoms with van der Waals surface area (Å²) in [5.74, 6) is -1.17. The minimum Gasteiger partial charge on any atom is -0.478 e. The lowest BCUT2D eigenvalue weighted by atomic mass is 10.1. The minimum atomic E-state index is -3.75. The van der Waals surface area contributed by atoms with Gasteiger partial charge in [0.15, 0.2) is 0 Å². The van der Waals surface area contributed by atoms with Gasteiger partial charge in [-0.2, -0.15) is 0 Å². The highest BCUT2D eigenvalue weighted by molar-refractivity contribution is 9.10. The molecule has 6 nitrogen and oxygen atoms in total. The number of carbonyl (C=O) groups is 1. The van der Waals surface area contributed by atoms with Gasteiger partial charge in [-0.1, -0.05) is 15.9 Å². The zero-order valence-corrected chi connectivity index (χ0v) is 14.0. The molecule has 0 amide bonds. The number of halogens is 1. The van der Waals surface area contributed by atoms with Gasteiger partial charge in [0.25, 0.3) is 0 Å². The Morgan fingerprint density at radius 2 is 1.95 bits per heavy atom. The fraction of sp³-hybridized carbons (Fsp3) is 0.462. The fourth-order valence-electron chi connectivity index (χ4n) is 1.73. The van der Waals surface area contributed by atoms with E-state index in [-0.39, 0.29) is 23.6 Å². The van der Waals surface area contributed by atoms with E-state index in [1.165, 1.54) is 6.07 Å². The molecule has 0 heterocycles. The lowest BCUT2D eigenvalue weighted by Gasteiger charge is -2.10. The summed E-state index contributed by atoms with van der Waals surface area (Å²) in [6, 6.07) is 2.54.